The molecule has 35 heavy (non-hydrogen) atoms. The molecule has 1 aliphatic heterocycles. The molecular weight excluding hydrogens is 448 g/mol. The van der Waals surface area contributed by atoms with Gasteiger partial charge in [0.2, 0.25) is 0 Å². The SMILES string of the molecule is CC1=C(CO)C(=O)O[C@@H]([C@](C)(O)[C@@]2(O)CC[C@@]3(O)[C@@H]4CC=C5CC=CC(=O)[C@]5(C)[C@H]4CC[C@]23C)C1. The Morgan fingerprint density at radius 1 is 1.14 bits per heavy atom. The Bertz CT molecular complexity index is 1070. The number of allylic oxidation sites excluding steroid dienone is 4. The zero-order chi connectivity index (χ0) is 25.6. The highest BCUT2D eigenvalue weighted by Gasteiger charge is 2.76. The summed E-state index contributed by atoms with van der Waals surface area (Å²) >= 11 is 0. The monoisotopic (exact) mass is 486 g/mol. The van der Waals surface area contributed by atoms with Gasteiger partial charge < -0.3 is 25.2 Å². The van der Waals surface area contributed by atoms with E-state index in [1.54, 1.807) is 13.0 Å². The van der Waals surface area contributed by atoms with Crippen LogP contribution in [0.25, 0.3) is 0 Å². The molecule has 0 bridgehead atoms. The van der Waals surface area contributed by atoms with Gasteiger partial charge in [-0.3, -0.25) is 4.79 Å². The van der Waals surface area contributed by atoms with Crippen LogP contribution in [0.2, 0.25) is 0 Å². The van der Waals surface area contributed by atoms with Crippen molar-refractivity contribution in [2.75, 3.05) is 6.61 Å². The second-order valence-corrected chi connectivity index (χ2v) is 12.2. The first-order valence-electron chi connectivity index (χ1n) is 12.9. The zero-order valence-electron chi connectivity index (χ0n) is 21.1. The summed E-state index contributed by atoms with van der Waals surface area (Å²) < 4.78 is 5.56. The Labute approximate surface area is 206 Å². The first-order chi connectivity index (χ1) is 16.3. The molecule has 0 aromatic heterocycles. The van der Waals surface area contributed by atoms with Gasteiger partial charge >= 0.3 is 5.97 Å². The molecule has 5 aliphatic rings. The summed E-state index contributed by atoms with van der Waals surface area (Å²) in [6.45, 7) is 6.63. The normalized spacial score (nSPS) is 46.9. The van der Waals surface area contributed by atoms with Gasteiger partial charge in [0, 0.05) is 11.8 Å². The Morgan fingerprint density at radius 3 is 2.51 bits per heavy atom. The number of carbonyl (C=O) groups excluding carboxylic acids is 2. The van der Waals surface area contributed by atoms with Crippen molar-refractivity contribution in [2.45, 2.75) is 95.5 Å². The molecule has 7 nitrogen and oxygen atoms in total. The minimum Gasteiger partial charge on any atom is -0.455 e. The number of ketones is 1. The van der Waals surface area contributed by atoms with E-state index in [1.807, 2.05) is 19.9 Å². The van der Waals surface area contributed by atoms with Crippen LogP contribution in [-0.2, 0) is 14.3 Å². The fourth-order valence-corrected chi connectivity index (χ4v) is 8.56. The van der Waals surface area contributed by atoms with E-state index in [-0.39, 0.29) is 42.5 Å². The molecule has 0 amide bonds. The topological polar surface area (TPSA) is 124 Å². The van der Waals surface area contributed by atoms with E-state index >= 15 is 0 Å². The molecule has 2 fully saturated rings. The first-order valence-corrected chi connectivity index (χ1v) is 12.9. The number of fused-ring (bicyclic) bond motifs is 5. The number of ether oxygens (including phenoxy) is 1. The van der Waals surface area contributed by atoms with Gasteiger partial charge in [-0.25, -0.2) is 4.79 Å². The third kappa shape index (κ3) is 2.87. The number of rotatable bonds is 3. The average molecular weight is 487 g/mol. The van der Waals surface area contributed by atoms with Crippen molar-refractivity contribution >= 4 is 11.8 Å². The Kier molecular flexibility index (Phi) is 5.40. The van der Waals surface area contributed by atoms with Crippen LogP contribution in [0.4, 0.5) is 0 Å². The summed E-state index contributed by atoms with van der Waals surface area (Å²) in [7, 11) is 0. The number of hydrogen-bond acceptors (Lipinski definition) is 7. The van der Waals surface area contributed by atoms with Crippen molar-refractivity contribution in [3.8, 4) is 0 Å². The molecular formula is C28H38O7. The summed E-state index contributed by atoms with van der Waals surface area (Å²) in [6.07, 6.45) is 7.78. The molecule has 192 valence electrons. The lowest BCUT2D eigenvalue weighted by Crippen LogP contribution is -2.72. The number of aliphatic hydroxyl groups excluding tert-OH is 1. The molecule has 0 aromatic rings. The summed E-state index contributed by atoms with van der Waals surface area (Å²) in [5, 5.41) is 46.0. The molecule has 1 heterocycles. The molecule has 0 unspecified atom stereocenters. The van der Waals surface area contributed by atoms with E-state index in [0.717, 1.165) is 12.0 Å². The fraction of sp³-hybridized carbons (Fsp3) is 0.714. The predicted molar refractivity (Wildman–Crippen MR) is 128 cm³/mol. The van der Waals surface area contributed by atoms with Crippen molar-refractivity contribution in [3.05, 3.63) is 34.9 Å². The largest absolute Gasteiger partial charge is 0.455 e. The third-order valence-corrected chi connectivity index (χ3v) is 11.1. The van der Waals surface area contributed by atoms with E-state index in [0.29, 0.717) is 24.8 Å². The van der Waals surface area contributed by atoms with Crippen LogP contribution in [0, 0.1) is 22.7 Å². The Hall–Kier alpha value is -1.80. The maximum atomic E-state index is 13.1. The van der Waals surface area contributed by atoms with E-state index < -0.39 is 46.3 Å². The summed E-state index contributed by atoms with van der Waals surface area (Å²) in [5.74, 6) is -0.885. The molecule has 7 heteroatoms. The Balaban J connectivity index is 1.52. The van der Waals surface area contributed by atoms with E-state index in [4.69, 9.17) is 4.74 Å². The van der Waals surface area contributed by atoms with Gasteiger partial charge in [-0.2, -0.15) is 0 Å². The maximum Gasteiger partial charge on any atom is 0.336 e. The maximum absolute atomic E-state index is 13.1. The van der Waals surface area contributed by atoms with Gasteiger partial charge in [0.1, 0.15) is 17.3 Å². The molecule has 8 atom stereocenters. The van der Waals surface area contributed by atoms with Gasteiger partial charge in [-0.1, -0.05) is 30.2 Å². The molecule has 0 aromatic carbocycles. The minimum atomic E-state index is -1.83. The third-order valence-electron chi connectivity index (χ3n) is 11.1. The second-order valence-electron chi connectivity index (χ2n) is 12.2. The van der Waals surface area contributed by atoms with Crippen LogP contribution in [0.15, 0.2) is 34.9 Å². The number of cyclic esters (lactones) is 1. The number of carbonyl (C=O) groups is 2. The first kappa shape index (κ1) is 24.9. The van der Waals surface area contributed by atoms with Crippen LogP contribution in [0.3, 0.4) is 0 Å². The molecule has 0 spiro atoms. The predicted octanol–water partition coefficient (Wildman–Crippen LogP) is 2.52. The van der Waals surface area contributed by atoms with Crippen LogP contribution >= 0.6 is 0 Å². The summed E-state index contributed by atoms with van der Waals surface area (Å²) in [6, 6.07) is 0. The smallest absolute Gasteiger partial charge is 0.336 e. The van der Waals surface area contributed by atoms with Crippen molar-refractivity contribution in [1.82, 2.24) is 0 Å². The van der Waals surface area contributed by atoms with Crippen molar-refractivity contribution < 1.29 is 34.8 Å². The summed E-state index contributed by atoms with van der Waals surface area (Å²) in [4.78, 5) is 25.6. The Morgan fingerprint density at radius 2 is 1.86 bits per heavy atom. The molecule has 0 radical (unpaired) electrons. The van der Waals surface area contributed by atoms with Crippen LogP contribution in [0.1, 0.15) is 72.6 Å². The fourth-order valence-electron chi connectivity index (χ4n) is 8.56. The second kappa shape index (κ2) is 7.60. The summed E-state index contributed by atoms with van der Waals surface area (Å²) in [5.41, 5.74) is -4.64. The molecule has 0 saturated heterocycles. The number of aliphatic hydroxyl groups is 4. The molecule has 5 rings (SSSR count). The van der Waals surface area contributed by atoms with Crippen molar-refractivity contribution in [1.29, 1.82) is 0 Å². The van der Waals surface area contributed by atoms with Gasteiger partial charge in [-0.05, 0) is 77.2 Å². The number of esters is 1. The number of hydrogen-bond donors (Lipinski definition) is 4. The van der Waals surface area contributed by atoms with Crippen LogP contribution < -0.4 is 0 Å². The lowest BCUT2D eigenvalue weighted by Gasteiger charge is -2.63. The van der Waals surface area contributed by atoms with Crippen molar-refractivity contribution in [2.24, 2.45) is 22.7 Å². The average Bonchev–Trinajstić information content (AvgIpc) is 3.02. The van der Waals surface area contributed by atoms with Gasteiger partial charge in [0.25, 0.3) is 0 Å². The van der Waals surface area contributed by atoms with E-state index in [9.17, 15) is 30.0 Å². The van der Waals surface area contributed by atoms with Gasteiger partial charge in [0.05, 0.1) is 23.2 Å². The highest BCUT2D eigenvalue weighted by Crippen LogP contribution is 2.70. The molecule has 2 saturated carbocycles. The zero-order valence-corrected chi connectivity index (χ0v) is 21.1. The van der Waals surface area contributed by atoms with E-state index in [1.165, 1.54) is 6.92 Å². The quantitative estimate of drug-likeness (QED) is 0.357. The minimum absolute atomic E-state index is 0.0462. The highest BCUT2D eigenvalue weighted by atomic mass is 16.6. The van der Waals surface area contributed by atoms with Gasteiger partial charge in [-0.15, -0.1) is 0 Å². The molecule has 4 N–H and O–H groups in total. The van der Waals surface area contributed by atoms with Crippen LogP contribution in [-0.4, -0.2) is 61.7 Å². The van der Waals surface area contributed by atoms with Gasteiger partial charge in [0.15, 0.2) is 5.78 Å². The lowest BCUT2D eigenvalue weighted by atomic mass is 9.44. The van der Waals surface area contributed by atoms with E-state index in [2.05, 4.69) is 6.08 Å². The van der Waals surface area contributed by atoms with Crippen molar-refractivity contribution in [3.63, 3.8) is 0 Å². The molecule has 4 aliphatic carbocycles. The highest BCUT2D eigenvalue weighted by molar-refractivity contribution is 5.98. The van der Waals surface area contributed by atoms with Crippen LogP contribution in [0.5, 0.6) is 0 Å². The lowest BCUT2D eigenvalue weighted by molar-refractivity contribution is -0.279. The standard InChI is InChI=1S/C28H38O7/c1-16-14-22(35-23(31)18(16)15-29)26(4,32)28(34)13-12-27(33)20-9-8-17-6-5-7-21(30)25(17,3)19(20)10-11-24(27,28)2/h5,7-8,19-20,22,29,32-34H,6,9-15H2,1-4H3/t19-,20+,22+,24-,25-,26-,27+,28+/m0/s1.